The summed E-state index contributed by atoms with van der Waals surface area (Å²) in [5.74, 6) is 0.0366. The van der Waals surface area contributed by atoms with Crippen LogP contribution < -0.4 is 0 Å². The van der Waals surface area contributed by atoms with E-state index in [0.717, 1.165) is 18.5 Å². The summed E-state index contributed by atoms with van der Waals surface area (Å²) in [5.41, 5.74) is 0.874. The fourth-order valence-corrected chi connectivity index (χ4v) is 1.80. The van der Waals surface area contributed by atoms with E-state index in [2.05, 4.69) is 4.99 Å². The van der Waals surface area contributed by atoms with Crippen molar-refractivity contribution in [3.8, 4) is 0 Å². The van der Waals surface area contributed by atoms with E-state index in [4.69, 9.17) is 11.6 Å². The SMILES string of the molecule is Fc1ccc(Cl)c(C2CC=NC2)c1. The van der Waals surface area contributed by atoms with Gasteiger partial charge in [-0.25, -0.2) is 4.39 Å². The van der Waals surface area contributed by atoms with Crippen molar-refractivity contribution in [3.05, 3.63) is 34.6 Å². The maximum atomic E-state index is 12.9. The number of rotatable bonds is 1. The minimum atomic E-state index is -0.230. The average Bonchev–Trinajstić information content (AvgIpc) is 2.61. The normalized spacial score (nSPS) is 20.9. The van der Waals surface area contributed by atoms with Crippen LogP contribution >= 0.6 is 11.6 Å². The molecule has 1 heterocycles. The standard InChI is InChI=1S/C10H9ClFN/c11-10-2-1-8(12)5-9(10)7-3-4-13-6-7/h1-2,4-5,7H,3,6H2. The van der Waals surface area contributed by atoms with Gasteiger partial charge >= 0.3 is 0 Å². The van der Waals surface area contributed by atoms with E-state index in [9.17, 15) is 4.39 Å². The molecule has 0 amide bonds. The monoisotopic (exact) mass is 197 g/mol. The van der Waals surface area contributed by atoms with Crippen molar-refractivity contribution < 1.29 is 4.39 Å². The van der Waals surface area contributed by atoms with Crippen LogP contribution in [0.3, 0.4) is 0 Å². The molecule has 0 bridgehead atoms. The molecule has 0 saturated carbocycles. The minimum absolute atomic E-state index is 0.230. The van der Waals surface area contributed by atoms with E-state index in [1.807, 2.05) is 6.21 Å². The van der Waals surface area contributed by atoms with Crippen LogP contribution in [0, 0.1) is 5.82 Å². The van der Waals surface area contributed by atoms with Crippen molar-refractivity contribution in [1.82, 2.24) is 0 Å². The molecule has 0 fully saturated rings. The Morgan fingerprint density at radius 3 is 3.00 bits per heavy atom. The van der Waals surface area contributed by atoms with Gasteiger partial charge in [0.05, 0.1) is 0 Å². The number of hydrogen-bond donors (Lipinski definition) is 0. The molecular weight excluding hydrogens is 189 g/mol. The van der Waals surface area contributed by atoms with Gasteiger partial charge in [0, 0.05) is 17.5 Å². The highest BCUT2D eigenvalue weighted by Crippen LogP contribution is 2.29. The molecule has 1 aromatic carbocycles. The van der Waals surface area contributed by atoms with Gasteiger partial charge in [0.25, 0.3) is 0 Å². The van der Waals surface area contributed by atoms with Crippen LogP contribution in [0.5, 0.6) is 0 Å². The molecule has 1 atom stereocenters. The van der Waals surface area contributed by atoms with Crippen molar-refractivity contribution in [3.63, 3.8) is 0 Å². The molecule has 2 rings (SSSR count). The van der Waals surface area contributed by atoms with Crippen molar-refractivity contribution in [2.24, 2.45) is 4.99 Å². The van der Waals surface area contributed by atoms with E-state index in [1.54, 1.807) is 6.07 Å². The zero-order valence-electron chi connectivity index (χ0n) is 7.00. The first kappa shape index (κ1) is 8.70. The molecule has 0 spiro atoms. The molecule has 0 aliphatic carbocycles. The molecule has 0 aromatic heterocycles. The second-order valence-corrected chi connectivity index (χ2v) is 3.55. The molecule has 1 aliphatic heterocycles. The Morgan fingerprint density at radius 1 is 1.46 bits per heavy atom. The van der Waals surface area contributed by atoms with Gasteiger partial charge in [-0.15, -0.1) is 0 Å². The molecule has 13 heavy (non-hydrogen) atoms. The van der Waals surface area contributed by atoms with Gasteiger partial charge in [-0.2, -0.15) is 0 Å². The van der Waals surface area contributed by atoms with Gasteiger partial charge in [0.2, 0.25) is 0 Å². The van der Waals surface area contributed by atoms with Crippen molar-refractivity contribution >= 4 is 17.8 Å². The molecule has 1 aromatic rings. The number of benzene rings is 1. The minimum Gasteiger partial charge on any atom is -0.297 e. The summed E-state index contributed by atoms with van der Waals surface area (Å²) < 4.78 is 12.9. The van der Waals surface area contributed by atoms with Crippen molar-refractivity contribution in [2.75, 3.05) is 6.54 Å². The lowest BCUT2D eigenvalue weighted by Gasteiger charge is -2.10. The summed E-state index contributed by atoms with van der Waals surface area (Å²) in [6, 6.07) is 4.48. The first-order valence-electron chi connectivity index (χ1n) is 4.20. The second-order valence-electron chi connectivity index (χ2n) is 3.15. The summed E-state index contributed by atoms with van der Waals surface area (Å²) in [6.45, 7) is 0.725. The van der Waals surface area contributed by atoms with Gasteiger partial charge < -0.3 is 0 Å². The summed E-state index contributed by atoms with van der Waals surface area (Å²) in [4.78, 5) is 4.11. The van der Waals surface area contributed by atoms with E-state index in [-0.39, 0.29) is 11.7 Å². The van der Waals surface area contributed by atoms with E-state index >= 15 is 0 Å². The maximum absolute atomic E-state index is 12.9. The zero-order valence-corrected chi connectivity index (χ0v) is 7.76. The average molecular weight is 198 g/mol. The Morgan fingerprint density at radius 2 is 2.31 bits per heavy atom. The van der Waals surface area contributed by atoms with Gasteiger partial charge in [-0.3, -0.25) is 4.99 Å². The summed E-state index contributed by atoms with van der Waals surface area (Å²) in [7, 11) is 0. The molecule has 68 valence electrons. The van der Waals surface area contributed by atoms with Crippen LogP contribution in [-0.4, -0.2) is 12.8 Å². The summed E-state index contributed by atoms with van der Waals surface area (Å²) in [5, 5.41) is 0.636. The molecule has 1 nitrogen and oxygen atoms in total. The van der Waals surface area contributed by atoms with Crippen molar-refractivity contribution in [2.45, 2.75) is 12.3 Å². The van der Waals surface area contributed by atoms with Crippen LogP contribution in [0.25, 0.3) is 0 Å². The Kier molecular flexibility index (Phi) is 2.32. The second kappa shape index (κ2) is 3.46. The molecule has 3 heteroatoms. The third kappa shape index (κ3) is 1.73. The largest absolute Gasteiger partial charge is 0.297 e. The number of nitrogens with zero attached hydrogens (tertiary/aromatic N) is 1. The smallest absolute Gasteiger partial charge is 0.123 e. The fourth-order valence-electron chi connectivity index (χ4n) is 1.53. The Balaban J connectivity index is 2.33. The quantitative estimate of drug-likeness (QED) is 0.656. The number of hydrogen-bond acceptors (Lipinski definition) is 1. The van der Waals surface area contributed by atoms with E-state index in [1.165, 1.54) is 12.1 Å². The van der Waals surface area contributed by atoms with Crippen molar-refractivity contribution in [1.29, 1.82) is 0 Å². The number of halogens is 2. The number of aliphatic imine (C=N–C) groups is 1. The molecule has 0 radical (unpaired) electrons. The van der Waals surface area contributed by atoms with Crippen LogP contribution in [-0.2, 0) is 0 Å². The Hall–Kier alpha value is -0.890. The molecule has 0 N–H and O–H groups in total. The molecular formula is C10H9ClFN. The lowest BCUT2D eigenvalue weighted by atomic mass is 9.98. The third-order valence-electron chi connectivity index (χ3n) is 2.24. The summed E-state index contributed by atoms with van der Waals surface area (Å²) in [6.07, 6.45) is 2.73. The lowest BCUT2D eigenvalue weighted by Crippen LogP contribution is -1.99. The van der Waals surface area contributed by atoms with Gasteiger partial charge in [0.15, 0.2) is 0 Å². The predicted molar refractivity (Wildman–Crippen MR) is 52.1 cm³/mol. The maximum Gasteiger partial charge on any atom is 0.123 e. The first-order valence-corrected chi connectivity index (χ1v) is 4.58. The van der Waals surface area contributed by atoms with Gasteiger partial charge in [-0.1, -0.05) is 11.6 Å². The Labute approximate surface area is 81.2 Å². The molecule has 1 aliphatic rings. The molecule has 0 saturated heterocycles. The fraction of sp³-hybridized carbons (Fsp3) is 0.300. The van der Waals surface area contributed by atoms with E-state index < -0.39 is 0 Å². The highest BCUT2D eigenvalue weighted by Gasteiger charge is 2.17. The summed E-state index contributed by atoms with van der Waals surface area (Å²) >= 11 is 5.95. The highest BCUT2D eigenvalue weighted by molar-refractivity contribution is 6.31. The predicted octanol–water partition coefficient (Wildman–Crippen LogP) is 3.04. The first-order chi connectivity index (χ1) is 6.27. The van der Waals surface area contributed by atoms with Crippen LogP contribution in [0.4, 0.5) is 4.39 Å². The zero-order chi connectivity index (χ0) is 9.26. The highest BCUT2D eigenvalue weighted by atomic mass is 35.5. The van der Waals surface area contributed by atoms with Gasteiger partial charge in [0.1, 0.15) is 5.82 Å². The Bertz CT molecular complexity index is 341. The van der Waals surface area contributed by atoms with Gasteiger partial charge in [-0.05, 0) is 36.4 Å². The van der Waals surface area contributed by atoms with Crippen LogP contribution in [0.1, 0.15) is 17.9 Å². The van der Waals surface area contributed by atoms with Crippen LogP contribution in [0.2, 0.25) is 5.02 Å². The third-order valence-corrected chi connectivity index (χ3v) is 2.59. The molecule has 1 unspecified atom stereocenters. The lowest BCUT2D eigenvalue weighted by molar-refractivity contribution is 0.621. The van der Waals surface area contributed by atoms with E-state index in [0.29, 0.717) is 5.02 Å². The topological polar surface area (TPSA) is 12.4 Å². The van der Waals surface area contributed by atoms with Crippen LogP contribution in [0.15, 0.2) is 23.2 Å².